The summed E-state index contributed by atoms with van der Waals surface area (Å²) in [5.74, 6) is 2.25. The van der Waals surface area contributed by atoms with Crippen LogP contribution in [0.25, 0.3) is 10.8 Å². The van der Waals surface area contributed by atoms with E-state index in [0.717, 1.165) is 0 Å². The van der Waals surface area contributed by atoms with Gasteiger partial charge in [0.1, 0.15) is 6.10 Å². The van der Waals surface area contributed by atoms with E-state index in [0.29, 0.717) is 16.3 Å². The Morgan fingerprint density at radius 1 is 1.38 bits per heavy atom. The molecule has 1 heterocycles. The highest BCUT2D eigenvalue weighted by molar-refractivity contribution is 5.85. The van der Waals surface area contributed by atoms with E-state index in [-0.39, 0.29) is 5.56 Å². The molecule has 1 N–H and O–H groups in total. The first-order valence-corrected chi connectivity index (χ1v) is 4.87. The number of hydrogen-bond donors (Lipinski definition) is 1. The van der Waals surface area contributed by atoms with E-state index in [1.165, 1.54) is 4.57 Å². The van der Waals surface area contributed by atoms with Gasteiger partial charge in [0.05, 0.1) is 0 Å². The number of nitrogens with zero attached hydrogens (tertiary/aromatic N) is 1. The molecule has 3 nitrogen and oxygen atoms in total. The average Bonchev–Trinajstić information content (AvgIpc) is 2.32. The van der Waals surface area contributed by atoms with Crippen LogP contribution in [-0.2, 0) is 7.05 Å². The number of terminal acetylenes is 1. The van der Waals surface area contributed by atoms with Gasteiger partial charge in [-0.25, -0.2) is 0 Å². The van der Waals surface area contributed by atoms with Crippen LogP contribution in [-0.4, -0.2) is 9.67 Å². The maximum Gasteiger partial charge on any atom is 0.258 e. The Labute approximate surface area is 93.0 Å². The van der Waals surface area contributed by atoms with Crippen LogP contribution in [0.3, 0.4) is 0 Å². The van der Waals surface area contributed by atoms with E-state index in [9.17, 15) is 9.90 Å². The SMILES string of the molecule is C#CC(O)c1cccc2c(=O)n(C)ccc12. The van der Waals surface area contributed by atoms with Crippen molar-refractivity contribution >= 4 is 10.8 Å². The summed E-state index contributed by atoms with van der Waals surface area (Å²) in [4.78, 5) is 11.8. The highest BCUT2D eigenvalue weighted by atomic mass is 16.3. The summed E-state index contributed by atoms with van der Waals surface area (Å²) in [6, 6.07) is 6.96. The maximum atomic E-state index is 11.8. The summed E-state index contributed by atoms with van der Waals surface area (Å²) in [5.41, 5.74) is 0.501. The summed E-state index contributed by atoms with van der Waals surface area (Å²) in [6.45, 7) is 0. The van der Waals surface area contributed by atoms with Crippen LogP contribution in [0.1, 0.15) is 11.7 Å². The second-order valence-electron chi connectivity index (χ2n) is 3.61. The van der Waals surface area contributed by atoms with Gasteiger partial charge in [-0.05, 0) is 17.5 Å². The normalized spacial score (nSPS) is 12.3. The van der Waals surface area contributed by atoms with Crippen LogP contribution in [0.15, 0.2) is 35.3 Å². The van der Waals surface area contributed by atoms with Gasteiger partial charge in [0.2, 0.25) is 0 Å². The molecule has 0 bridgehead atoms. The summed E-state index contributed by atoms with van der Waals surface area (Å²) in [6.07, 6.45) is 5.87. The Bertz CT molecular complexity index is 634. The van der Waals surface area contributed by atoms with E-state index < -0.39 is 6.10 Å². The predicted octanol–water partition coefficient (Wildman–Crippen LogP) is 1.21. The molecular formula is C13H11NO2. The number of hydrogen-bond acceptors (Lipinski definition) is 2. The highest BCUT2D eigenvalue weighted by Crippen LogP contribution is 2.21. The molecule has 1 atom stereocenters. The Balaban J connectivity index is 2.86. The summed E-state index contributed by atoms with van der Waals surface area (Å²) < 4.78 is 1.49. The van der Waals surface area contributed by atoms with Gasteiger partial charge in [-0.15, -0.1) is 6.42 Å². The molecular weight excluding hydrogens is 202 g/mol. The van der Waals surface area contributed by atoms with Gasteiger partial charge in [-0.3, -0.25) is 4.79 Å². The third-order valence-electron chi connectivity index (χ3n) is 2.61. The molecule has 0 saturated carbocycles. The Kier molecular flexibility index (Phi) is 2.51. The first kappa shape index (κ1) is 10.5. The summed E-state index contributed by atoms with van der Waals surface area (Å²) in [7, 11) is 1.69. The summed E-state index contributed by atoms with van der Waals surface area (Å²) in [5, 5.41) is 10.9. The molecule has 16 heavy (non-hydrogen) atoms. The van der Waals surface area contributed by atoms with Crippen molar-refractivity contribution in [1.29, 1.82) is 0 Å². The highest BCUT2D eigenvalue weighted by Gasteiger charge is 2.09. The van der Waals surface area contributed by atoms with E-state index in [1.807, 2.05) is 0 Å². The van der Waals surface area contributed by atoms with Gasteiger partial charge >= 0.3 is 0 Å². The quantitative estimate of drug-likeness (QED) is 0.723. The van der Waals surface area contributed by atoms with Gasteiger partial charge in [0.25, 0.3) is 5.56 Å². The first-order chi connectivity index (χ1) is 7.65. The molecule has 0 amide bonds. The number of aliphatic hydroxyl groups is 1. The third kappa shape index (κ3) is 1.50. The molecule has 2 rings (SSSR count). The van der Waals surface area contributed by atoms with Crippen molar-refractivity contribution in [3.05, 3.63) is 46.4 Å². The molecule has 80 valence electrons. The van der Waals surface area contributed by atoms with E-state index in [1.54, 1.807) is 37.5 Å². The Morgan fingerprint density at radius 2 is 2.12 bits per heavy atom. The number of aliphatic hydroxyl groups excluding tert-OH is 1. The first-order valence-electron chi connectivity index (χ1n) is 4.87. The fourth-order valence-electron chi connectivity index (χ4n) is 1.73. The van der Waals surface area contributed by atoms with Crippen molar-refractivity contribution in [1.82, 2.24) is 4.57 Å². The lowest BCUT2D eigenvalue weighted by Gasteiger charge is -2.08. The summed E-state index contributed by atoms with van der Waals surface area (Å²) >= 11 is 0. The molecule has 0 fully saturated rings. The average molecular weight is 213 g/mol. The molecule has 1 aromatic carbocycles. The third-order valence-corrected chi connectivity index (χ3v) is 2.61. The van der Waals surface area contributed by atoms with Gasteiger partial charge in [-0.1, -0.05) is 18.1 Å². The minimum Gasteiger partial charge on any atom is -0.376 e. The lowest BCUT2D eigenvalue weighted by Crippen LogP contribution is -2.16. The van der Waals surface area contributed by atoms with Crippen LogP contribution in [0.5, 0.6) is 0 Å². The predicted molar refractivity (Wildman–Crippen MR) is 63.0 cm³/mol. The standard InChI is InChI=1S/C13H11NO2/c1-3-12(15)10-5-4-6-11-9(10)7-8-14(2)13(11)16/h1,4-8,12,15H,2H3. The maximum absolute atomic E-state index is 11.8. The zero-order valence-corrected chi connectivity index (χ0v) is 8.84. The van der Waals surface area contributed by atoms with Gasteiger partial charge < -0.3 is 9.67 Å². The molecule has 0 saturated heterocycles. The van der Waals surface area contributed by atoms with Crippen LogP contribution < -0.4 is 5.56 Å². The second-order valence-corrected chi connectivity index (χ2v) is 3.61. The van der Waals surface area contributed by atoms with Gasteiger partial charge in [0, 0.05) is 24.2 Å². The zero-order valence-electron chi connectivity index (χ0n) is 8.84. The van der Waals surface area contributed by atoms with Crippen molar-refractivity contribution in [2.24, 2.45) is 7.05 Å². The van der Waals surface area contributed by atoms with Crippen molar-refractivity contribution in [2.75, 3.05) is 0 Å². The van der Waals surface area contributed by atoms with Crippen LogP contribution >= 0.6 is 0 Å². The molecule has 0 spiro atoms. The molecule has 0 aliphatic heterocycles. The van der Waals surface area contributed by atoms with E-state index >= 15 is 0 Å². The van der Waals surface area contributed by atoms with E-state index in [2.05, 4.69) is 5.92 Å². The number of aryl methyl sites for hydroxylation is 1. The van der Waals surface area contributed by atoms with Crippen LogP contribution in [0, 0.1) is 12.3 Å². The van der Waals surface area contributed by atoms with Crippen molar-refractivity contribution in [3.8, 4) is 12.3 Å². The molecule has 0 aliphatic carbocycles. The monoisotopic (exact) mass is 213 g/mol. The number of pyridine rings is 1. The Morgan fingerprint density at radius 3 is 2.81 bits per heavy atom. The fraction of sp³-hybridized carbons (Fsp3) is 0.154. The van der Waals surface area contributed by atoms with Crippen molar-refractivity contribution < 1.29 is 5.11 Å². The van der Waals surface area contributed by atoms with Crippen LogP contribution in [0.2, 0.25) is 0 Å². The van der Waals surface area contributed by atoms with Crippen LogP contribution in [0.4, 0.5) is 0 Å². The minimum atomic E-state index is -0.976. The fourth-order valence-corrected chi connectivity index (χ4v) is 1.73. The largest absolute Gasteiger partial charge is 0.376 e. The molecule has 0 aliphatic rings. The van der Waals surface area contributed by atoms with Gasteiger partial charge in [0.15, 0.2) is 0 Å². The number of benzene rings is 1. The molecule has 0 radical (unpaired) electrons. The zero-order chi connectivity index (χ0) is 11.7. The molecule has 2 aromatic rings. The second kappa shape index (κ2) is 3.84. The van der Waals surface area contributed by atoms with E-state index in [4.69, 9.17) is 6.42 Å². The number of fused-ring (bicyclic) bond motifs is 1. The molecule has 1 unspecified atom stereocenters. The minimum absolute atomic E-state index is 0.0939. The lowest BCUT2D eigenvalue weighted by atomic mass is 10.0. The van der Waals surface area contributed by atoms with Gasteiger partial charge in [-0.2, -0.15) is 0 Å². The lowest BCUT2D eigenvalue weighted by molar-refractivity contribution is 0.240. The Hall–Kier alpha value is -2.05. The number of rotatable bonds is 1. The molecule has 3 heteroatoms. The van der Waals surface area contributed by atoms with Crippen molar-refractivity contribution in [3.63, 3.8) is 0 Å². The van der Waals surface area contributed by atoms with Crippen molar-refractivity contribution in [2.45, 2.75) is 6.10 Å². The number of aromatic nitrogens is 1. The molecule has 1 aromatic heterocycles. The topological polar surface area (TPSA) is 42.2 Å². The smallest absolute Gasteiger partial charge is 0.258 e.